The quantitative estimate of drug-likeness (QED) is 0.246. The summed E-state index contributed by atoms with van der Waals surface area (Å²) in [7, 11) is 1.88. The molecule has 12 heteroatoms. The molecule has 0 amide bonds. The molecule has 1 aromatic carbocycles. The van der Waals surface area contributed by atoms with Gasteiger partial charge in [0.25, 0.3) is 0 Å². The second-order valence-corrected chi connectivity index (χ2v) is 9.88. The highest BCUT2D eigenvalue weighted by Gasteiger charge is 2.60. The van der Waals surface area contributed by atoms with Crippen LogP contribution in [0.15, 0.2) is 34.2 Å². The van der Waals surface area contributed by atoms with E-state index < -0.39 is 17.6 Å². The maximum absolute atomic E-state index is 13.7. The van der Waals surface area contributed by atoms with Gasteiger partial charge in [0.15, 0.2) is 17.3 Å². The third kappa shape index (κ3) is 4.45. The predicted molar refractivity (Wildman–Crippen MR) is 121 cm³/mol. The molecule has 3 heterocycles. The Hall–Kier alpha value is -2.11. The van der Waals surface area contributed by atoms with E-state index in [1.54, 1.807) is 11.8 Å². The number of likely N-dealkylation sites (tertiary alicyclic amines) is 1. The number of alkyl halides is 3. The smallest absolute Gasteiger partial charge is 0.419 e. The number of benzene rings is 1. The molecule has 6 nitrogen and oxygen atoms in total. The van der Waals surface area contributed by atoms with Crippen LogP contribution >= 0.6 is 24.2 Å². The highest BCUT2D eigenvalue weighted by molar-refractivity contribution is 7.99. The largest absolute Gasteiger partial charge is 0.440 e. The minimum Gasteiger partial charge on any atom is -0.440 e. The first-order valence-electron chi connectivity index (χ1n) is 10.7. The van der Waals surface area contributed by atoms with Crippen molar-refractivity contribution in [1.82, 2.24) is 24.6 Å². The van der Waals surface area contributed by atoms with Crippen LogP contribution in [0.2, 0.25) is 0 Å². The van der Waals surface area contributed by atoms with E-state index in [1.165, 1.54) is 12.5 Å². The molecule has 2 fully saturated rings. The number of nitrogens with zero attached hydrogens (tertiary/aromatic N) is 5. The number of oxazole rings is 1. The maximum atomic E-state index is 13.7. The Bertz CT molecular complexity index is 1180. The van der Waals surface area contributed by atoms with E-state index in [0.29, 0.717) is 29.6 Å². The van der Waals surface area contributed by atoms with E-state index in [2.05, 4.69) is 20.1 Å². The molecule has 0 unspecified atom stereocenters. The number of thioether (sulfide) groups is 1. The molecule has 1 saturated carbocycles. The zero-order valence-electron chi connectivity index (χ0n) is 18.6. The maximum Gasteiger partial charge on any atom is 0.419 e. The van der Waals surface area contributed by atoms with Crippen molar-refractivity contribution >= 4 is 24.2 Å². The number of fused-ring (bicyclic) bond motifs is 1. The minimum absolute atomic E-state index is 0. The van der Waals surface area contributed by atoms with Crippen molar-refractivity contribution in [2.24, 2.45) is 13.0 Å². The fourth-order valence-corrected chi connectivity index (χ4v) is 5.70. The summed E-state index contributed by atoms with van der Waals surface area (Å²) in [5.41, 5.74) is -0.0770. The number of hydrogen-bond donors (Lipinski definition) is 0. The second kappa shape index (κ2) is 9.16. The molecule has 0 radical (unpaired) electrons. The Balaban J connectivity index is 0.00000274. The lowest BCUT2D eigenvalue weighted by molar-refractivity contribution is -0.140. The highest BCUT2D eigenvalue weighted by Crippen LogP contribution is 2.59. The van der Waals surface area contributed by atoms with Crippen LogP contribution in [-0.2, 0) is 18.6 Å². The van der Waals surface area contributed by atoms with Crippen molar-refractivity contribution in [2.45, 2.75) is 36.5 Å². The van der Waals surface area contributed by atoms with Crippen LogP contribution in [0.5, 0.6) is 0 Å². The summed E-state index contributed by atoms with van der Waals surface area (Å²) in [5.74, 6) is 1.20. The number of hydrogen-bond acceptors (Lipinski definition) is 6. The molecule has 3 aromatic rings. The lowest BCUT2D eigenvalue weighted by atomic mass is 9.93. The van der Waals surface area contributed by atoms with Gasteiger partial charge in [-0.1, -0.05) is 17.8 Å². The molecule has 0 N–H and O–H groups in total. The summed E-state index contributed by atoms with van der Waals surface area (Å²) in [4.78, 5) is 6.38. The number of rotatable bonds is 7. The van der Waals surface area contributed by atoms with E-state index in [4.69, 9.17) is 4.42 Å². The Morgan fingerprint density at radius 1 is 1.26 bits per heavy atom. The summed E-state index contributed by atoms with van der Waals surface area (Å²) < 4.78 is 60.4. The number of aromatic nitrogens is 4. The van der Waals surface area contributed by atoms with Gasteiger partial charge < -0.3 is 13.9 Å². The first-order chi connectivity index (χ1) is 15.7. The first kappa shape index (κ1) is 25.0. The number of aryl methyl sites for hydroxylation is 1. The third-order valence-corrected chi connectivity index (χ3v) is 7.80. The van der Waals surface area contributed by atoms with E-state index in [-0.39, 0.29) is 17.8 Å². The second-order valence-electron chi connectivity index (χ2n) is 8.82. The van der Waals surface area contributed by atoms with Crippen LogP contribution in [0.4, 0.5) is 17.6 Å². The molecule has 1 aliphatic carbocycles. The third-order valence-electron chi connectivity index (χ3n) is 6.70. The molecule has 34 heavy (non-hydrogen) atoms. The fraction of sp³-hybridized carbons (Fsp3) is 0.500. The van der Waals surface area contributed by atoms with E-state index in [9.17, 15) is 17.6 Å². The van der Waals surface area contributed by atoms with Gasteiger partial charge in [-0.25, -0.2) is 9.37 Å². The van der Waals surface area contributed by atoms with Crippen LogP contribution in [0.25, 0.3) is 11.6 Å². The van der Waals surface area contributed by atoms with Gasteiger partial charge in [-0.15, -0.1) is 22.6 Å². The standard InChI is InChI=1S/C22H23F4N5OS.ClH/c1-13-18(32-12-27-13)19-28-29-20(30(19)2)33-7-3-6-31-10-15-9-21(15,11-31)14-4-5-17(23)16(8-14)22(24,25)26;/h4-5,8,12,15H,3,6-7,9-11H2,1-2H3;1H/t15-,21+;/m1./s1. The molecule has 5 rings (SSSR count). The summed E-state index contributed by atoms with van der Waals surface area (Å²) in [6.07, 6.45) is -1.52. The lowest BCUT2D eigenvalue weighted by Crippen LogP contribution is -2.28. The summed E-state index contributed by atoms with van der Waals surface area (Å²) >= 11 is 1.60. The molecule has 184 valence electrons. The van der Waals surface area contributed by atoms with Gasteiger partial charge in [0.1, 0.15) is 5.82 Å². The van der Waals surface area contributed by atoms with Gasteiger partial charge in [-0.05, 0) is 49.9 Å². The van der Waals surface area contributed by atoms with Crippen molar-refractivity contribution in [3.05, 3.63) is 47.2 Å². The van der Waals surface area contributed by atoms with Gasteiger partial charge in [0, 0.05) is 31.3 Å². The Kier molecular flexibility index (Phi) is 6.73. The van der Waals surface area contributed by atoms with Gasteiger partial charge in [-0.3, -0.25) is 0 Å². The minimum atomic E-state index is -4.68. The molecule has 0 bridgehead atoms. The van der Waals surface area contributed by atoms with Gasteiger partial charge >= 0.3 is 6.18 Å². The number of piperidine rings is 1. The predicted octanol–water partition coefficient (Wildman–Crippen LogP) is 5.11. The zero-order chi connectivity index (χ0) is 23.4. The zero-order valence-corrected chi connectivity index (χ0v) is 20.2. The molecule has 2 atom stereocenters. The molecule has 1 aliphatic heterocycles. The van der Waals surface area contributed by atoms with Crippen molar-refractivity contribution in [3.8, 4) is 11.6 Å². The summed E-state index contributed by atoms with van der Waals surface area (Å²) in [6.45, 7) is 4.28. The van der Waals surface area contributed by atoms with Crippen LogP contribution in [0.3, 0.4) is 0 Å². The van der Waals surface area contributed by atoms with Crippen LogP contribution in [-0.4, -0.2) is 50.0 Å². The molecular formula is C22H24ClF4N5OS. The molecule has 1 saturated heterocycles. The normalized spacial score (nSPS) is 22.0. The Morgan fingerprint density at radius 3 is 2.76 bits per heavy atom. The van der Waals surface area contributed by atoms with Crippen molar-refractivity contribution in [1.29, 1.82) is 0 Å². The van der Waals surface area contributed by atoms with E-state index in [1.807, 2.05) is 18.5 Å². The topological polar surface area (TPSA) is 60.0 Å². The van der Waals surface area contributed by atoms with Crippen molar-refractivity contribution < 1.29 is 22.0 Å². The first-order valence-corrected chi connectivity index (χ1v) is 11.7. The van der Waals surface area contributed by atoms with E-state index in [0.717, 1.165) is 54.7 Å². The molecule has 2 aromatic heterocycles. The lowest BCUT2D eigenvalue weighted by Gasteiger charge is -2.21. The monoisotopic (exact) mass is 517 g/mol. The average molecular weight is 518 g/mol. The number of halogens is 5. The van der Waals surface area contributed by atoms with Crippen molar-refractivity contribution in [2.75, 3.05) is 25.4 Å². The Labute approximate surface area is 204 Å². The molecule has 2 aliphatic rings. The average Bonchev–Trinajstić information content (AvgIpc) is 3.06. The summed E-state index contributed by atoms with van der Waals surface area (Å²) in [5, 5.41) is 9.23. The fourth-order valence-electron chi connectivity index (χ4n) is 4.86. The molecule has 0 spiro atoms. The van der Waals surface area contributed by atoms with E-state index >= 15 is 0 Å². The highest BCUT2D eigenvalue weighted by atomic mass is 35.5. The summed E-state index contributed by atoms with van der Waals surface area (Å²) in [6, 6.07) is 3.49. The van der Waals surface area contributed by atoms with Crippen LogP contribution < -0.4 is 0 Å². The van der Waals surface area contributed by atoms with Gasteiger partial charge in [-0.2, -0.15) is 13.2 Å². The SMILES string of the molecule is Cc1ncoc1-c1nnc(SCCCN2C[C@H]3C[C@@]3(c3ccc(F)c(C(F)(F)F)c3)C2)n1C.Cl. The molecular weight excluding hydrogens is 494 g/mol. The van der Waals surface area contributed by atoms with Gasteiger partial charge in [0.2, 0.25) is 5.82 Å². The Morgan fingerprint density at radius 2 is 2.06 bits per heavy atom. The van der Waals surface area contributed by atoms with Crippen molar-refractivity contribution in [3.63, 3.8) is 0 Å². The van der Waals surface area contributed by atoms with Gasteiger partial charge in [0.05, 0.1) is 11.3 Å². The van der Waals surface area contributed by atoms with Crippen LogP contribution in [0.1, 0.15) is 29.7 Å². The van der Waals surface area contributed by atoms with Crippen LogP contribution in [0, 0.1) is 18.7 Å².